The monoisotopic (exact) mass is 563 g/mol. The molecule has 40 heavy (non-hydrogen) atoms. The fourth-order valence-electron chi connectivity index (χ4n) is 6.01. The smallest absolute Gasteiger partial charge is 0.179 e. The van der Waals surface area contributed by atoms with Crippen LogP contribution in [0.5, 0.6) is 5.75 Å². The molecule has 0 spiro atoms. The van der Waals surface area contributed by atoms with Crippen molar-refractivity contribution < 1.29 is 18.3 Å². The van der Waals surface area contributed by atoms with Crippen molar-refractivity contribution in [3.8, 4) is 5.75 Å². The van der Waals surface area contributed by atoms with Gasteiger partial charge in [0.15, 0.2) is 9.84 Å². The molecular weight excluding hydrogens is 518 g/mol. The van der Waals surface area contributed by atoms with Crippen molar-refractivity contribution in [3.63, 3.8) is 0 Å². The maximum absolute atomic E-state index is 14.0. The molecule has 0 radical (unpaired) electrons. The molecule has 1 aliphatic heterocycles. The van der Waals surface area contributed by atoms with Crippen LogP contribution >= 0.6 is 0 Å². The zero-order valence-corrected chi connectivity index (χ0v) is 25.5. The zero-order valence-electron chi connectivity index (χ0n) is 24.7. The molecule has 0 fully saturated rings. The van der Waals surface area contributed by atoms with Crippen molar-refractivity contribution in [2.75, 3.05) is 24.7 Å². The number of benzene rings is 3. The summed E-state index contributed by atoms with van der Waals surface area (Å²) in [6.45, 7) is 6.78. The van der Waals surface area contributed by atoms with Gasteiger partial charge >= 0.3 is 0 Å². The summed E-state index contributed by atoms with van der Waals surface area (Å²) in [7, 11) is 0.282. The van der Waals surface area contributed by atoms with Gasteiger partial charge in [-0.3, -0.25) is 0 Å². The second-order valence-corrected chi connectivity index (χ2v) is 13.7. The van der Waals surface area contributed by atoms with E-state index in [9.17, 15) is 13.5 Å². The van der Waals surface area contributed by atoms with Crippen LogP contribution in [0.4, 0.5) is 5.69 Å². The van der Waals surface area contributed by atoms with E-state index < -0.39 is 27.3 Å². The first-order valence-electron chi connectivity index (χ1n) is 14.6. The number of ether oxygens (including phenoxy) is 1. The summed E-state index contributed by atoms with van der Waals surface area (Å²) in [6.07, 6.45) is 4.21. The van der Waals surface area contributed by atoms with Gasteiger partial charge < -0.3 is 14.7 Å². The van der Waals surface area contributed by atoms with Crippen LogP contribution in [0.1, 0.15) is 80.5 Å². The molecule has 3 aromatic rings. The SMILES string of the molecule is CCCCC1(CCCC)CS(=O)(=O)c2ccc(N(C)C)cc2[C@@H](c2ccc(OCc3ccc(C)cc3)cc2)[C@H]1O. The van der Waals surface area contributed by atoms with Crippen molar-refractivity contribution in [1.82, 2.24) is 0 Å². The molecule has 1 N–H and O–H groups in total. The molecule has 2 atom stereocenters. The highest BCUT2D eigenvalue weighted by molar-refractivity contribution is 7.91. The van der Waals surface area contributed by atoms with Gasteiger partial charge in [0.1, 0.15) is 12.4 Å². The van der Waals surface area contributed by atoms with Crippen LogP contribution in [-0.4, -0.2) is 39.5 Å². The summed E-state index contributed by atoms with van der Waals surface area (Å²) in [5.74, 6) is 0.251. The standard InChI is InChI=1S/C34H45NO4S/c1-6-8-20-34(21-9-7-2)24-40(37,38)31-19-16-28(35(4)5)22-30(31)32(33(34)36)27-14-17-29(18-15-27)39-23-26-12-10-25(3)11-13-26/h10-19,22,32-33,36H,6-9,20-21,23-24H2,1-5H3/t32-,33-/m1/s1. The topological polar surface area (TPSA) is 66.8 Å². The molecule has 4 rings (SSSR count). The van der Waals surface area contributed by atoms with Crippen LogP contribution in [0.25, 0.3) is 0 Å². The van der Waals surface area contributed by atoms with Crippen LogP contribution in [0.3, 0.4) is 0 Å². The Morgan fingerprint density at radius 3 is 2.12 bits per heavy atom. The largest absolute Gasteiger partial charge is 0.489 e. The predicted octanol–water partition coefficient (Wildman–Crippen LogP) is 7.29. The third kappa shape index (κ3) is 6.55. The maximum atomic E-state index is 14.0. The first-order valence-corrected chi connectivity index (χ1v) is 16.3. The number of unbranched alkanes of at least 4 members (excludes halogenated alkanes) is 2. The molecule has 1 aliphatic rings. The van der Waals surface area contributed by atoms with Gasteiger partial charge in [-0.05, 0) is 66.8 Å². The number of aliphatic hydroxyl groups excluding tert-OH is 1. The van der Waals surface area contributed by atoms with E-state index in [0.29, 0.717) is 29.9 Å². The Morgan fingerprint density at radius 1 is 0.925 bits per heavy atom. The first-order chi connectivity index (χ1) is 19.1. The van der Waals surface area contributed by atoms with Gasteiger partial charge in [0, 0.05) is 31.1 Å². The van der Waals surface area contributed by atoms with E-state index in [0.717, 1.165) is 48.2 Å². The Labute approximate surface area is 241 Å². The van der Waals surface area contributed by atoms with Gasteiger partial charge in [0.25, 0.3) is 0 Å². The lowest BCUT2D eigenvalue weighted by atomic mass is 9.68. The van der Waals surface area contributed by atoms with Crippen molar-refractivity contribution in [2.45, 2.75) is 82.8 Å². The Bertz CT molecular complexity index is 1360. The highest BCUT2D eigenvalue weighted by Gasteiger charge is 2.49. The van der Waals surface area contributed by atoms with Crippen molar-refractivity contribution in [1.29, 1.82) is 0 Å². The number of nitrogens with zero attached hydrogens (tertiary/aromatic N) is 1. The lowest BCUT2D eigenvalue weighted by Crippen LogP contribution is -2.43. The summed E-state index contributed by atoms with van der Waals surface area (Å²) in [4.78, 5) is 2.32. The van der Waals surface area contributed by atoms with Gasteiger partial charge in [-0.25, -0.2) is 8.42 Å². The molecule has 3 aromatic carbocycles. The van der Waals surface area contributed by atoms with Gasteiger partial charge in [0.05, 0.1) is 16.8 Å². The molecule has 0 saturated heterocycles. The second-order valence-electron chi connectivity index (χ2n) is 11.7. The normalized spacial score (nSPS) is 19.4. The van der Waals surface area contributed by atoms with E-state index in [1.807, 2.05) is 55.4 Å². The van der Waals surface area contributed by atoms with E-state index in [1.54, 1.807) is 6.07 Å². The van der Waals surface area contributed by atoms with Crippen molar-refractivity contribution >= 4 is 15.5 Å². The molecule has 0 saturated carbocycles. The number of hydrogen-bond donors (Lipinski definition) is 1. The Kier molecular flexibility index (Phi) is 9.63. The fourth-order valence-corrected chi connectivity index (χ4v) is 8.20. The number of rotatable bonds is 11. The highest BCUT2D eigenvalue weighted by Crippen LogP contribution is 2.50. The summed E-state index contributed by atoms with van der Waals surface area (Å²) in [5, 5.41) is 12.3. The molecule has 0 aliphatic carbocycles. The summed E-state index contributed by atoms with van der Waals surface area (Å²) in [6, 6.07) is 21.7. The number of aryl methyl sites for hydroxylation is 1. The van der Waals surface area contributed by atoms with Gasteiger partial charge in [-0.15, -0.1) is 0 Å². The number of hydrogen-bond acceptors (Lipinski definition) is 5. The van der Waals surface area contributed by atoms with Crippen molar-refractivity contribution in [2.24, 2.45) is 5.41 Å². The zero-order chi connectivity index (χ0) is 28.9. The van der Waals surface area contributed by atoms with E-state index in [-0.39, 0.29) is 5.75 Å². The molecule has 5 nitrogen and oxygen atoms in total. The average molecular weight is 564 g/mol. The minimum atomic E-state index is -3.62. The predicted molar refractivity (Wildman–Crippen MR) is 164 cm³/mol. The highest BCUT2D eigenvalue weighted by atomic mass is 32.2. The number of sulfone groups is 1. The van der Waals surface area contributed by atoms with E-state index in [1.165, 1.54) is 5.56 Å². The van der Waals surface area contributed by atoms with Crippen LogP contribution in [0.2, 0.25) is 0 Å². The van der Waals surface area contributed by atoms with E-state index >= 15 is 0 Å². The number of fused-ring (bicyclic) bond motifs is 1. The Morgan fingerprint density at radius 2 is 1.55 bits per heavy atom. The van der Waals surface area contributed by atoms with E-state index in [4.69, 9.17) is 4.74 Å². The van der Waals surface area contributed by atoms with E-state index in [2.05, 4.69) is 45.0 Å². The number of aliphatic hydroxyl groups is 1. The third-order valence-electron chi connectivity index (χ3n) is 8.42. The first kappa shape index (κ1) is 30.1. The molecule has 0 unspecified atom stereocenters. The quantitative estimate of drug-likeness (QED) is 0.265. The van der Waals surface area contributed by atoms with Crippen molar-refractivity contribution in [3.05, 3.63) is 89.0 Å². The lowest BCUT2D eigenvalue weighted by molar-refractivity contribution is 0.0127. The Balaban J connectivity index is 1.78. The van der Waals surface area contributed by atoms with Gasteiger partial charge in [-0.2, -0.15) is 0 Å². The third-order valence-corrected chi connectivity index (χ3v) is 10.4. The molecule has 1 heterocycles. The number of anilines is 1. The molecule has 6 heteroatoms. The Hall–Kier alpha value is -2.83. The summed E-state index contributed by atoms with van der Waals surface area (Å²) < 4.78 is 34.0. The minimum absolute atomic E-state index is 0.0241. The van der Waals surface area contributed by atoms with Crippen LogP contribution in [0, 0.1) is 12.3 Å². The lowest BCUT2D eigenvalue weighted by Gasteiger charge is -2.40. The van der Waals surface area contributed by atoms with Crippen LogP contribution in [0.15, 0.2) is 71.6 Å². The average Bonchev–Trinajstić information content (AvgIpc) is 3.01. The molecule has 0 amide bonds. The van der Waals surface area contributed by atoms with Crippen LogP contribution < -0.4 is 9.64 Å². The minimum Gasteiger partial charge on any atom is -0.489 e. The van der Waals surface area contributed by atoms with Crippen LogP contribution in [-0.2, 0) is 16.4 Å². The molecule has 0 aromatic heterocycles. The molecule has 216 valence electrons. The maximum Gasteiger partial charge on any atom is 0.179 e. The second kappa shape index (κ2) is 12.8. The fraction of sp³-hybridized carbons (Fsp3) is 0.471. The summed E-state index contributed by atoms with van der Waals surface area (Å²) >= 11 is 0. The molecular formula is C34H45NO4S. The molecule has 0 bridgehead atoms. The van der Waals surface area contributed by atoms with Gasteiger partial charge in [0.2, 0.25) is 0 Å². The van der Waals surface area contributed by atoms with Gasteiger partial charge in [-0.1, -0.05) is 81.5 Å². The summed E-state index contributed by atoms with van der Waals surface area (Å²) in [5.41, 5.74) is 4.10.